The monoisotopic (exact) mass is 347 g/mol. The molecule has 2 aliphatic carbocycles. The number of nitrogens with zero attached hydrogens (tertiary/aromatic N) is 3. The maximum atomic E-state index is 13.3. The molecule has 3 rings (SSSR count). The van der Waals surface area contributed by atoms with Crippen LogP contribution in [0.3, 0.4) is 0 Å². The van der Waals surface area contributed by atoms with Gasteiger partial charge in [-0.1, -0.05) is 0 Å². The lowest BCUT2D eigenvalue weighted by molar-refractivity contribution is -0.0389. The van der Waals surface area contributed by atoms with Crippen molar-refractivity contribution in [3.63, 3.8) is 0 Å². The molecule has 2 aliphatic rings. The van der Waals surface area contributed by atoms with Gasteiger partial charge in [-0.15, -0.1) is 0 Å². The van der Waals surface area contributed by atoms with Gasteiger partial charge in [0.2, 0.25) is 23.7 Å². The minimum Gasteiger partial charge on any atom is -0.368 e. The molecule has 24 heavy (non-hydrogen) atoms. The van der Waals surface area contributed by atoms with E-state index in [4.69, 9.17) is 5.73 Å². The van der Waals surface area contributed by atoms with Gasteiger partial charge in [-0.2, -0.15) is 15.0 Å². The van der Waals surface area contributed by atoms with E-state index in [1.54, 1.807) is 0 Å². The predicted molar refractivity (Wildman–Crippen MR) is 81.2 cm³/mol. The van der Waals surface area contributed by atoms with E-state index in [1.807, 2.05) is 0 Å². The Morgan fingerprint density at radius 2 is 1.38 bits per heavy atom. The summed E-state index contributed by atoms with van der Waals surface area (Å²) in [6, 6.07) is -0.144. The van der Waals surface area contributed by atoms with E-state index < -0.39 is 11.8 Å². The third-order valence-electron chi connectivity index (χ3n) is 4.80. The number of aromatic nitrogens is 3. The summed E-state index contributed by atoms with van der Waals surface area (Å²) in [4.78, 5) is 12.4. The number of alkyl halides is 4. The quantitative estimate of drug-likeness (QED) is 0.815. The van der Waals surface area contributed by atoms with Crippen molar-refractivity contribution < 1.29 is 17.6 Å². The molecule has 1 heterocycles. The highest BCUT2D eigenvalue weighted by atomic mass is 19.3. The highest BCUT2D eigenvalue weighted by Crippen LogP contribution is 2.40. The molecule has 0 aromatic carbocycles. The smallest absolute Gasteiger partial charge is 0.248 e. The van der Waals surface area contributed by atoms with Crippen LogP contribution < -0.4 is 11.1 Å². The van der Waals surface area contributed by atoms with E-state index in [9.17, 15) is 17.6 Å². The Morgan fingerprint density at radius 1 is 0.833 bits per heavy atom. The van der Waals surface area contributed by atoms with Crippen LogP contribution >= 0.6 is 0 Å². The molecule has 0 unspecified atom stereocenters. The molecule has 0 bridgehead atoms. The molecular weight excluding hydrogens is 326 g/mol. The van der Waals surface area contributed by atoms with Crippen molar-refractivity contribution in [2.45, 2.75) is 75.2 Å². The fourth-order valence-corrected chi connectivity index (χ4v) is 3.32. The van der Waals surface area contributed by atoms with Crippen LogP contribution in [0.2, 0.25) is 0 Å². The van der Waals surface area contributed by atoms with Crippen molar-refractivity contribution >= 4 is 11.9 Å². The lowest BCUT2D eigenvalue weighted by Gasteiger charge is -2.29. The first-order valence-electron chi connectivity index (χ1n) is 8.26. The Kier molecular flexibility index (Phi) is 4.52. The number of nitrogens with two attached hydrogens (primary N) is 1. The highest BCUT2D eigenvalue weighted by molar-refractivity contribution is 5.33. The first-order chi connectivity index (χ1) is 11.2. The average Bonchev–Trinajstić information content (AvgIpc) is 2.49. The van der Waals surface area contributed by atoms with E-state index in [0.29, 0.717) is 31.5 Å². The van der Waals surface area contributed by atoms with Crippen LogP contribution in [0, 0.1) is 0 Å². The maximum absolute atomic E-state index is 13.3. The Morgan fingerprint density at radius 3 is 1.96 bits per heavy atom. The van der Waals surface area contributed by atoms with Gasteiger partial charge in [0.05, 0.1) is 0 Å². The third-order valence-corrected chi connectivity index (χ3v) is 4.80. The van der Waals surface area contributed by atoms with Gasteiger partial charge in [0.25, 0.3) is 0 Å². The van der Waals surface area contributed by atoms with Gasteiger partial charge in [0.15, 0.2) is 0 Å². The average molecular weight is 347 g/mol. The second kappa shape index (κ2) is 6.33. The van der Waals surface area contributed by atoms with Crippen LogP contribution in [0.4, 0.5) is 29.5 Å². The molecule has 5 nitrogen and oxygen atoms in total. The Bertz CT molecular complexity index is 575. The molecule has 1 aromatic heterocycles. The van der Waals surface area contributed by atoms with E-state index >= 15 is 0 Å². The van der Waals surface area contributed by atoms with Crippen LogP contribution in [-0.2, 0) is 0 Å². The number of nitrogen functional groups attached to an aromatic ring is 1. The molecule has 0 amide bonds. The largest absolute Gasteiger partial charge is 0.368 e. The van der Waals surface area contributed by atoms with Gasteiger partial charge in [-0.25, -0.2) is 17.6 Å². The molecule has 0 saturated heterocycles. The Hall–Kier alpha value is -1.67. The second-order valence-corrected chi connectivity index (χ2v) is 6.78. The van der Waals surface area contributed by atoms with Gasteiger partial charge >= 0.3 is 0 Å². The van der Waals surface area contributed by atoms with Crippen LogP contribution in [0.1, 0.15) is 63.1 Å². The highest BCUT2D eigenvalue weighted by Gasteiger charge is 2.37. The number of nitrogens with one attached hydrogen (secondary N) is 1. The lowest BCUT2D eigenvalue weighted by Crippen LogP contribution is -2.33. The van der Waals surface area contributed by atoms with Crippen molar-refractivity contribution in [1.29, 1.82) is 0 Å². The zero-order valence-electron chi connectivity index (χ0n) is 13.2. The normalized spacial score (nSPS) is 24.7. The second-order valence-electron chi connectivity index (χ2n) is 6.78. The molecular formula is C15H21F4N5. The SMILES string of the molecule is Nc1nc(NC2CCC(F)(F)CC2)nc(C2CCC(F)(F)CC2)n1. The Balaban J connectivity index is 1.66. The molecule has 0 atom stereocenters. The molecule has 0 radical (unpaired) electrons. The van der Waals surface area contributed by atoms with Crippen molar-refractivity contribution in [2.24, 2.45) is 0 Å². The van der Waals surface area contributed by atoms with E-state index in [1.165, 1.54) is 0 Å². The first kappa shape index (κ1) is 17.2. The van der Waals surface area contributed by atoms with Crippen LogP contribution in [0.5, 0.6) is 0 Å². The molecule has 2 fully saturated rings. The fourth-order valence-electron chi connectivity index (χ4n) is 3.32. The molecule has 0 spiro atoms. The maximum Gasteiger partial charge on any atom is 0.248 e. The number of anilines is 2. The van der Waals surface area contributed by atoms with E-state index in [0.717, 1.165) is 0 Å². The fraction of sp³-hybridized carbons (Fsp3) is 0.800. The summed E-state index contributed by atoms with van der Waals surface area (Å²) in [5.41, 5.74) is 5.70. The summed E-state index contributed by atoms with van der Waals surface area (Å²) in [6.45, 7) is 0. The first-order valence-corrected chi connectivity index (χ1v) is 8.26. The minimum absolute atomic E-state index is 0.0148. The summed E-state index contributed by atoms with van der Waals surface area (Å²) in [6.07, 6.45) is 0.517. The van der Waals surface area contributed by atoms with Gasteiger partial charge in [-0.3, -0.25) is 0 Å². The summed E-state index contributed by atoms with van der Waals surface area (Å²) in [7, 11) is 0. The number of rotatable bonds is 3. The number of hydrogen-bond donors (Lipinski definition) is 2. The summed E-state index contributed by atoms with van der Waals surface area (Å²) >= 11 is 0. The number of hydrogen-bond acceptors (Lipinski definition) is 5. The van der Waals surface area contributed by atoms with Gasteiger partial charge in [-0.05, 0) is 25.7 Å². The van der Waals surface area contributed by atoms with Crippen LogP contribution in [0.25, 0.3) is 0 Å². The van der Waals surface area contributed by atoms with Gasteiger partial charge < -0.3 is 11.1 Å². The molecule has 1 aromatic rings. The summed E-state index contributed by atoms with van der Waals surface area (Å²) in [5, 5.41) is 3.03. The molecule has 0 aliphatic heterocycles. The van der Waals surface area contributed by atoms with Crippen molar-refractivity contribution in [2.75, 3.05) is 11.1 Å². The zero-order chi connectivity index (χ0) is 17.4. The summed E-state index contributed by atoms with van der Waals surface area (Å²) < 4.78 is 52.9. The minimum atomic E-state index is -2.62. The lowest BCUT2D eigenvalue weighted by atomic mass is 9.86. The predicted octanol–water partition coefficient (Wildman–Crippen LogP) is 3.74. The molecule has 9 heteroatoms. The number of halogens is 4. The van der Waals surface area contributed by atoms with Crippen molar-refractivity contribution in [3.05, 3.63) is 5.82 Å². The third kappa shape index (κ3) is 4.24. The van der Waals surface area contributed by atoms with Crippen molar-refractivity contribution in [3.8, 4) is 0 Å². The van der Waals surface area contributed by atoms with E-state index in [-0.39, 0.29) is 49.5 Å². The van der Waals surface area contributed by atoms with E-state index in [2.05, 4.69) is 20.3 Å². The molecule has 3 N–H and O–H groups in total. The molecule has 2 saturated carbocycles. The van der Waals surface area contributed by atoms with Crippen molar-refractivity contribution in [1.82, 2.24) is 15.0 Å². The molecule has 134 valence electrons. The topological polar surface area (TPSA) is 76.7 Å². The summed E-state index contributed by atoms with van der Waals surface area (Å²) in [5.74, 6) is -4.74. The standard InChI is InChI=1S/C15H21F4N5/c16-14(17)5-1-9(2-6-14)11-22-12(20)24-13(23-11)21-10-3-7-15(18,19)8-4-10/h9-10H,1-8H2,(H3,20,21,22,23,24). The zero-order valence-corrected chi connectivity index (χ0v) is 13.2. The van der Waals surface area contributed by atoms with Gasteiger partial charge in [0, 0.05) is 37.6 Å². The Labute approximate surface area is 137 Å². The van der Waals surface area contributed by atoms with Gasteiger partial charge in [0.1, 0.15) is 5.82 Å². The van der Waals surface area contributed by atoms with Crippen LogP contribution in [-0.4, -0.2) is 32.8 Å². The van der Waals surface area contributed by atoms with Crippen LogP contribution in [0.15, 0.2) is 0 Å².